The van der Waals surface area contributed by atoms with Crippen LogP contribution in [0.2, 0.25) is 15.1 Å². The van der Waals surface area contributed by atoms with Crippen LogP contribution in [0.4, 0.5) is 0 Å². The fourth-order valence-corrected chi connectivity index (χ4v) is 3.24. The first-order chi connectivity index (χ1) is 12.9. The number of carbonyl (C=O) groups is 1. The minimum absolute atomic E-state index is 0.0817. The quantitative estimate of drug-likeness (QED) is 0.520. The zero-order valence-electron chi connectivity index (χ0n) is 14.5. The molecule has 1 atom stereocenters. The zero-order valence-corrected chi connectivity index (χ0v) is 16.8. The highest BCUT2D eigenvalue weighted by Gasteiger charge is 2.13. The van der Waals surface area contributed by atoms with Crippen LogP contribution in [-0.2, 0) is 11.2 Å². The Labute approximate surface area is 172 Å². The number of benzene rings is 2. The van der Waals surface area contributed by atoms with Gasteiger partial charge in [0.25, 0.3) is 0 Å². The fourth-order valence-electron chi connectivity index (χ4n) is 2.61. The van der Waals surface area contributed by atoms with Gasteiger partial charge in [-0.05, 0) is 42.8 Å². The molecular formula is C20H17Cl3N2O2. The van der Waals surface area contributed by atoms with E-state index in [0.717, 1.165) is 5.56 Å². The van der Waals surface area contributed by atoms with Gasteiger partial charge in [-0.1, -0.05) is 46.9 Å². The molecule has 1 unspecified atom stereocenters. The van der Waals surface area contributed by atoms with Crippen molar-refractivity contribution in [2.75, 3.05) is 0 Å². The first-order valence-electron chi connectivity index (χ1n) is 8.37. The lowest BCUT2D eigenvalue weighted by Crippen LogP contribution is -2.26. The Morgan fingerprint density at radius 3 is 2.52 bits per heavy atom. The van der Waals surface area contributed by atoms with E-state index in [1.165, 1.54) is 0 Å². The highest BCUT2D eigenvalue weighted by atomic mass is 35.5. The SMILES string of the molecule is CC(NC(=O)CCc1ncc(-c2ccc(Cl)cc2Cl)o1)c1ccc(Cl)cc1. The number of halogens is 3. The number of amides is 1. The van der Waals surface area contributed by atoms with Gasteiger partial charge >= 0.3 is 0 Å². The molecule has 4 nitrogen and oxygen atoms in total. The van der Waals surface area contributed by atoms with E-state index in [0.29, 0.717) is 38.7 Å². The van der Waals surface area contributed by atoms with Gasteiger partial charge in [-0.15, -0.1) is 0 Å². The summed E-state index contributed by atoms with van der Waals surface area (Å²) >= 11 is 18.0. The molecule has 2 aromatic carbocycles. The van der Waals surface area contributed by atoms with Crippen molar-refractivity contribution >= 4 is 40.7 Å². The van der Waals surface area contributed by atoms with Crippen molar-refractivity contribution in [2.45, 2.75) is 25.8 Å². The molecule has 0 aliphatic carbocycles. The molecule has 0 radical (unpaired) electrons. The van der Waals surface area contributed by atoms with Crippen molar-refractivity contribution in [3.05, 3.63) is 75.2 Å². The van der Waals surface area contributed by atoms with Gasteiger partial charge in [0, 0.05) is 28.5 Å². The number of aromatic nitrogens is 1. The lowest BCUT2D eigenvalue weighted by molar-refractivity contribution is -0.121. The molecule has 1 heterocycles. The molecule has 1 aromatic heterocycles. The molecule has 0 saturated carbocycles. The molecule has 1 N–H and O–H groups in total. The van der Waals surface area contributed by atoms with Gasteiger partial charge in [0.15, 0.2) is 11.7 Å². The topological polar surface area (TPSA) is 55.1 Å². The summed E-state index contributed by atoms with van der Waals surface area (Å²) in [6.45, 7) is 1.92. The number of aryl methyl sites for hydroxylation is 1. The molecule has 0 spiro atoms. The first-order valence-corrected chi connectivity index (χ1v) is 9.50. The summed E-state index contributed by atoms with van der Waals surface area (Å²) in [5.41, 5.74) is 1.70. The fraction of sp³-hybridized carbons (Fsp3) is 0.200. The molecule has 3 rings (SSSR count). The van der Waals surface area contributed by atoms with Crippen LogP contribution in [0.25, 0.3) is 11.3 Å². The number of nitrogens with zero attached hydrogens (tertiary/aromatic N) is 1. The van der Waals surface area contributed by atoms with Crippen molar-refractivity contribution in [1.29, 1.82) is 0 Å². The predicted octanol–water partition coefficient (Wildman–Crippen LogP) is 6.11. The molecule has 3 aromatic rings. The van der Waals surface area contributed by atoms with Crippen molar-refractivity contribution in [1.82, 2.24) is 10.3 Å². The maximum Gasteiger partial charge on any atom is 0.220 e. The van der Waals surface area contributed by atoms with Crippen molar-refractivity contribution < 1.29 is 9.21 Å². The average Bonchev–Trinajstić information content (AvgIpc) is 3.09. The molecule has 0 aliphatic rings. The summed E-state index contributed by atoms with van der Waals surface area (Å²) in [5, 5.41) is 4.65. The second-order valence-corrected chi connectivity index (χ2v) is 7.36. The molecule has 7 heteroatoms. The van der Waals surface area contributed by atoms with E-state index in [9.17, 15) is 4.79 Å². The maximum atomic E-state index is 12.2. The average molecular weight is 424 g/mol. The van der Waals surface area contributed by atoms with Crippen LogP contribution in [0.1, 0.15) is 30.8 Å². The Morgan fingerprint density at radius 1 is 1.11 bits per heavy atom. The monoisotopic (exact) mass is 422 g/mol. The molecule has 0 saturated heterocycles. The Morgan fingerprint density at radius 2 is 1.81 bits per heavy atom. The first kappa shape index (κ1) is 19.7. The number of hydrogen-bond acceptors (Lipinski definition) is 3. The summed E-state index contributed by atoms with van der Waals surface area (Å²) in [7, 11) is 0. The largest absolute Gasteiger partial charge is 0.441 e. The third-order valence-electron chi connectivity index (χ3n) is 4.06. The lowest BCUT2D eigenvalue weighted by atomic mass is 10.1. The lowest BCUT2D eigenvalue weighted by Gasteiger charge is -2.14. The van der Waals surface area contributed by atoms with E-state index in [1.54, 1.807) is 36.5 Å². The third kappa shape index (κ3) is 5.25. The van der Waals surface area contributed by atoms with Gasteiger partial charge in [0.1, 0.15) is 0 Å². The molecule has 0 aliphatic heterocycles. The van der Waals surface area contributed by atoms with Gasteiger partial charge in [0.05, 0.1) is 17.3 Å². The minimum Gasteiger partial charge on any atom is -0.441 e. The van der Waals surface area contributed by atoms with Crippen LogP contribution in [0, 0.1) is 0 Å². The van der Waals surface area contributed by atoms with E-state index in [2.05, 4.69) is 10.3 Å². The van der Waals surface area contributed by atoms with Crippen molar-refractivity contribution in [3.8, 4) is 11.3 Å². The summed E-state index contributed by atoms with van der Waals surface area (Å²) < 4.78 is 5.71. The number of hydrogen-bond donors (Lipinski definition) is 1. The summed E-state index contributed by atoms with van der Waals surface area (Å²) in [5.74, 6) is 0.939. The molecule has 0 fully saturated rings. The van der Waals surface area contributed by atoms with E-state index in [4.69, 9.17) is 39.2 Å². The van der Waals surface area contributed by atoms with Crippen LogP contribution in [-0.4, -0.2) is 10.9 Å². The number of nitrogens with one attached hydrogen (secondary N) is 1. The maximum absolute atomic E-state index is 12.2. The smallest absolute Gasteiger partial charge is 0.220 e. The second kappa shape index (κ2) is 8.79. The molecule has 140 valence electrons. The molecular weight excluding hydrogens is 407 g/mol. The Balaban J connectivity index is 1.56. The highest BCUT2D eigenvalue weighted by Crippen LogP contribution is 2.30. The number of oxazole rings is 1. The molecule has 0 bridgehead atoms. The van der Waals surface area contributed by atoms with Gasteiger partial charge in [-0.2, -0.15) is 0 Å². The van der Waals surface area contributed by atoms with E-state index in [-0.39, 0.29) is 18.4 Å². The number of rotatable bonds is 6. The predicted molar refractivity (Wildman–Crippen MR) is 108 cm³/mol. The van der Waals surface area contributed by atoms with Gasteiger partial charge in [-0.25, -0.2) is 4.98 Å². The Bertz CT molecular complexity index is 939. The normalized spacial score (nSPS) is 12.0. The zero-order chi connectivity index (χ0) is 19.4. The van der Waals surface area contributed by atoms with Gasteiger partial charge in [0.2, 0.25) is 5.91 Å². The van der Waals surface area contributed by atoms with Crippen molar-refractivity contribution in [2.24, 2.45) is 0 Å². The Kier molecular flexibility index (Phi) is 6.42. The van der Waals surface area contributed by atoms with E-state index >= 15 is 0 Å². The highest BCUT2D eigenvalue weighted by molar-refractivity contribution is 6.36. The Hall–Kier alpha value is -2.01. The van der Waals surface area contributed by atoms with E-state index < -0.39 is 0 Å². The van der Waals surface area contributed by atoms with Crippen LogP contribution >= 0.6 is 34.8 Å². The van der Waals surface area contributed by atoms with Crippen LogP contribution in [0.15, 0.2) is 53.1 Å². The summed E-state index contributed by atoms with van der Waals surface area (Å²) in [4.78, 5) is 16.4. The minimum atomic E-state index is -0.109. The van der Waals surface area contributed by atoms with Crippen LogP contribution in [0.3, 0.4) is 0 Å². The second-order valence-electron chi connectivity index (χ2n) is 6.08. The molecule has 27 heavy (non-hydrogen) atoms. The number of carbonyl (C=O) groups excluding carboxylic acids is 1. The summed E-state index contributed by atoms with van der Waals surface area (Å²) in [6.07, 6.45) is 2.26. The molecule has 1 amide bonds. The standard InChI is InChI=1S/C20H17Cl3N2O2/c1-12(13-2-4-14(21)5-3-13)25-19(26)8-9-20-24-11-18(27-20)16-7-6-15(22)10-17(16)23/h2-7,10-12H,8-9H2,1H3,(H,25,26). The van der Waals surface area contributed by atoms with Crippen molar-refractivity contribution in [3.63, 3.8) is 0 Å². The van der Waals surface area contributed by atoms with Crippen LogP contribution < -0.4 is 5.32 Å². The summed E-state index contributed by atoms with van der Waals surface area (Å²) in [6, 6.07) is 12.4. The van der Waals surface area contributed by atoms with E-state index in [1.807, 2.05) is 19.1 Å². The van der Waals surface area contributed by atoms with Gasteiger partial charge in [-0.3, -0.25) is 4.79 Å². The third-order valence-corrected chi connectivity index (χ3v) is 4.86. The van der Waals surface area contributed by atoms with Crippen LogP contribution in [0.5, 0.6) is 0 Å². The van der Waals surface area contributed by atoms with Gasteiger partial charge < -0.3 is 9.73 Å².